The van der Waals surface area contributed by atoms with Gasteiger partial charge in [-0.1, -0.05) is 38.1 Å². The lowest BCUT2D eigenvalue weighted by atomic mass is 9.97. The molecule has 1 amide bonds. The van der Waals surface area contributed by atoms with Gasteiger partial charge in [-0.15, -0.1) is 11.3 Å². The molecule has 1 aromatic heterocycles. The van der Waals surface area contributed by atoms with E-state index in [1.165, 1.54) is 15.3 Å². The number of rotatable bonds is 5. The van der Waals surface area contributed by atoms with Crippen LogP contribution in [0.2, 0.25) is 0 Å². The third-order valence-corrected chi connectivity index (χ3v) is 6.87. The Bertz CT molecular complexity index is 939. The summed E-state index contributed by atoms with van der Waals surface area (Å²) in [4.78, 5) is 19.6. The second-order valence-corrected chi connectivity index (χ2v) is 9.17. The van der Waals surface area contributed by atoms with Gasteiger partial charge in [0.1, 0.15) is 5.75 Å². The number of amides is 1. The Hall–Kier alpha value is -2.40. The Morgan fingerprint density at radius 3 is 2.41 bits per heavy atom. The van der Waals surface area contributed by atoms with Gasteiger partial charge in [0.05, 0.1) is 15.2 Å². The van der Waals surface area contributed by atoms with Gasteiger partial charge in [0.15, 0.2) is 6.10 Å². The highest BCUT2D eigenvalue weighted by molar-refractivity contribution is 7.18. The lowest BCUT2D eigenvalue weighted by Gasteiger charge is -2.32. The van der Waals surface area contributed by atoms with E-state index in [2.05, 4.69) is 44.2 Å². The first kappa shape index (κ1) is 19.9. The number of thiazole rings is 1. The van der Waals surface area contributed by atoms with E-state index < -0.39 is 6.10 Å². The topological polar surface area (TPSA) is 42.4 Å². The molecule has 0 bridgehead atoms. The molecule has 152 valence electrons. The number of fused-ring (bicyclic) bond motifs is 1. The molecule has 1 aliphatic heterocycles. The predicted molar refractivity (Wildman–Crippen MR) is 119 cm³/mol. The maximum absolute atomic E-state index is 12.8. The third-order valence-electron chi connectivity index (χ3n) is 5.67. The summed E-state index contributed by atoms with van der Waals surface area (Å²) in [7, 11) is 0. The van der Waals surface area contributed by atoms with Crippen LogP contribution < -0.4 is 4.74 Å². The molecule has 5 heteroatoms. The minimum Gasteiger partial charge on any atom is -0.481 e. The molecule has 1 fully saturated rings. The Labute approximate surface area is 176 Å². The first-order valence-corrected chi connectivity index (χ1v) is 11.2. The Balaban J connectivity index is 1.33. The summed E-state index contributed by atoms with van der Waals surface area (Å²) in [5.41, 5.74) is 2.35. The summed E-state index contributed by atoms with van der Waals surface area (Å²) in [6.07, 6.45) is 1.45. The highest BCUT2D eigenvalue weighted by Gasteiger charge is 2.29. The Kier molecular flexibility index (Phi) is 5.86. The molecule has 4 rings (SSSR count). The van der Waals surface area contributed by atoms with Crippen LogP contribution in [0.25, 0.3) is 10.2 Å². The van der Waals surface area contributed by atoms with E-state index in [0.29, 0.717) is 11.8 Å². The van der Waals surface area contributed by atoms with Gasteiger partial charge < -0.3 is 9.64 Å². The molecular formula is C24H28N2O2S. The number of carbonyl (C=O) groups excluding carboxylic acids is 1. The minimum absolute atomic E-state index is 0.0701. The van der Waals surface area contributed by atoms with Crippen LogP contribution >= 0.6 is 11.3 Å². The van der Waals surface area contributed by atoms with Crippen LogP contribution in [0, 0.1) is 0 Å². The maximum atomic E-state index is 12.8. The summed E-state index contributed by atoms with van der Waals surface area (Å²) in [5.74, 6) is 1.75. The fraction of sp³-hybridized carbons (Fsp3) is 0.417. The number of para-hydroxylation sites is 1. The fourth-order valence-corrected chi connectivity index (χ4v) is 4.99. The zero-order valence-electron chi connectivity index (χ0n) is 17.3. The first-order chi connectivity index (χ1) is 14.0. The largest absolute Gasteiger partial charge is 0.481 e. The van der Waals surface area contributed by atoms with Crippen molar-refractivity contribution in [2.24, 2.45) is 0 Å². The quantitative estimate of drug-likeness (QED) is 0.552. The summed E-state index contributed by atoms with van der Waals surface area (Å²) >= 11 is 1.79. The molecule has 4 nitrogen and oxygen atoms in total. The van der Waals surface area contributed by atoms with Crippen LogP contribution in [0.1, 0.15) is 56.0 Å². The molecule has 0 saturated carbocycles. The van der Waals surface area contributed by atoms with E-state index in [0.717, 1.165) is 37.2 Å². The molecule has 0 aliphatic carbocycles. The van der Waals surface area contributed by atoms with Crippen LogP contribution in [-0.4, -0.2) is 35.0 Å². The van der Waals surface area contributed by atoms with Crippen LogP contribution in [-0.2, 0) is 4.79 Å². The first-order valence-electron chi connectivity index (χ1n) is 10.4. The van der Waals surface area contributed by atoms with Crippen molar-refractivity contribution < 1.29 is 9.53 Å². The predicted octanol–water partition coefficient (Wildman–Crippen LogP) is 5.59. The molecule has 1 saturated heterocycles. The van der Waals surface area contributed by atoms with Gasteiger partial charge in [0.25, 0.3) is 5.91 Å². The van der Waals surface area contributed by atoms with Gasteiger partial charge in [0, 0.05) is 19.0 Å². The van der Waals surface area contributed by atoms with Crippen molar-refractivity contribution in [1.82, 2.24) is 9.88 Å². The normalized spacial score (nSPS) is 16.3. The number of likely N-dealkylation sites (tertiary alicyclic amines) is 1. The number of benzene rings is 2. The molecule has 1 aliphatic rings. The Morgan fingerprint density at radius 2 is 1.76 bits per heavy atom. The number of aromatic nitrogens is 1. The number of hydrogen-bond acceptors (Lipinski definition) is 4. The van der Waals surface area contributed by atoms with E-state index in [-0.39, 0.29) is 5.91 Å². The molecule has 0 spiro atoms. The van der Waals surface area contributed by atoms with Crippen LogP contribution in [0.15, 0.2) is 48.5 Å². The summed E-state index contributed by atoms with van der Waals surface area (Å²) in [5, 5.41) is 1.20. The molecule has 1 atom stereocenters. The van der Waals surface area contributed by atoms with Crippen molar-refractivity contribution in [2.45, 2.75) is 51.6 Å². The molecule has 0 radical (unpaired) electrons. The van der Waals surface area contributed by atoms with Gasteiger partial charge in [0.2, 0.25) is 0 Å². The van der Waals surface area contributed by atoms with Gasteiger partial charge in [-0.05, 0) is 55.5 Å². The van der Waals surface area contributed by atoms with E-state index >= 15 is 0 Å². The average Bonchev–Trinajstić information content (AvgIpc) is 3.18. The van der Waals surface area contributed by atoms with Crippen molar-refractivity contribution in [2.75, 3.05) is 13.1 Å². The smallest absolute Gasteiger partial charge is 0.263 e. The molecule has 0 N–H and O–H groups in total. The van der Waals surface area contributed by atoms with Crippen molar-refractivity contribution in [1.29, 1.82) is 0 Å². The second kappa shape index (κ2) is 8.54. The number of ether oxygens (including phenoxy) is 1. The summed E-state index contributed by atoms with van der Waals surface area (Å²) < 4.78 is 7.16. The Morgan fingerprint density at radius 1 is 1.07 bits per heavy atom. The monoisotopic (exact) mass is 408 g/mol. The standard InChI is InChI=1S/C24H28N2O2S/c1-16(2)18-8-10-20(11-9-18)28-17(3)24(27)26-14-12-19(13-15-26)23-25-21-6-4-5-7-22(21)29-23/h4-11,16-17,19H,12-15H2,1-3H3/t17-/m1/s1. The molecule has 29 heavy (non-hydrogen) atoms. The fourth-order valence-electron chi connectivity index (χ4n) is 3.85. The number of nitrogens with zero attached hydrogens (tertiary/aromatic N) is 2. The number of hydrogen-bond donors (Lipinski definition) is 0. The van der Waals surface area contributed by atoms with Gasteiger partial charge in [-0.3, -0.25) is 4.79 Å². The van der Waals surface area contributed by atoms with Crippen molar-refractivity contribution >= 4 is 27.5 Å². The molecule has 3 aromatic rings. The third kappa shape index (κ3) is 4.45. The lowest BCUT2D eigenvalue weighted by molar-refractivity contribution is -0.139. The van der Waals surface area contributed by atoms with Gasteiger partial charge >= 0.3 is 0 Å². The molecule has 2 heterocycles. The van der Waals surface area contributed by atoms with E-state index in [4.69, 9.17) is 9.72 Å². The highest BCUT2D eigenvalue weighted by Crippen LogP contribution is 2.34. The lowest BCUT2D eigenvalue weighted by Crippen LogP contribution is -2.44. The van der Waals surface area contributed by atoms with Crippen molar-refractivity contribution in [3.63, 3.8) is 0 Å². The zero-order chi connectivity index (χ0) is 20.4. The second-order valence-electron chi connectivity index (χ2n) is 8.10. The zero-order valence-corrected chi connectivity index (χ0v) is 18.1. The van der Waals surface area contributed by atoms with Crippen LogP contribution in [0.4, 0.5) is 0 Å². The van der Waals surface area contributed by atoms with Crippen molar-refractivity contribution in [3.05, 3.63) is 59.1 Å². The molecule has 2 aromatic carbocycles. The number of piperidine rings is 1. The van der Waals surface area contributed by atoms with E-state index in [1.807, 2.05) is 30.0 Å². The highest BCUT2D eigenvalue weighted by atomic mass is 32.1. The summed E-state index contributed by atoms with van der Waals surface area (Å²) in [6.45, 7) is 7.71. The minimum atomic E-state index is -0.473. The van der Waals surface area contributed by atoms with Crippen LogP contribution in [0.3, 0.4) is 0 Å². The average molecular weight is 409 g/mol. The van der Waals surface area contributed by atoms with Gasteiger partial charge in [-0.2, -0.15) is 0 Å². The maximum Gasteiger partial charge on any atom is 0.263 e. The SMILES string of the molecule is CC(C)c1ccc(O[C@H](C)C(=O)N2CCC(c3nc4ccccc4s3)CC2)cc1. The van der Waals surface area contributed by atoms with Crippen LogP contribution in [0.5, 0.6) is 5.75 Å². The summed E-state index contributed by atoms with van der Waals surface area (Å²) in [6, 6.07) is 16.3. The van der Waals surface area contributed by atoms with E-state index in [1.54, 1.807) is 11.3 Å². The number of carbonyl (C=O) groups is 1. The van der Waals surface area contributed by atoms with Crippen molar-refractivity contribution in [3.8, 4) is 5.75 Å². The molecule has 0 unspecified atom stereocenters. The van der Waals surface area contributed by atoms with E-state index in [9.17, 15) is 4.79 Å². The molecular weight excluding hydrogens is 380 g/mol. The van der Waals surface area contributed by atoms with Gasteiger partial charge in [-0.25, -0.2) is 4.98 Å².